The number of nitrogens with zero attached hydrogens (tertiary/aromatic N) is 19. The summed E-state index contributed by atoms with van der Waals surface area (Å²) in [7, 11) is 4.35. The Morgan fingerprint density at radius 3 is 1.73 bits per heavy atom. The lowest BCUT2D eigenvalue weighted by Gasteiger charge is -2.53. The quantitative estimate of drug-likeness (QED) is 0.147. The van der Waals surface area contributed by atoms with Gasteiger partial charge >= 0.3 is 0 Å². The van der Waals surface area contributed by atoms with Gasteiger partial charge in [0, 0.05) is 122 Å². The molecule has 12 heterocycles. The highest BCUT2D eigenvalue weighted by atomic mass is 19.1. The molecule has 8 aliphatic rings. The van der Waals surface area contributed by atoms with Crippen LogP contribution in [0.1, 0.15) is 98.4 Å². The van der Waals surface area contributed by atoms with E-state index in [2.05, 4.69) is 203 Å². The number of benzene rings is 6. The fourth-order valence-corrected chi connectivity index (χ4v) is 17.8. The van der Waals surface area contributed by atoms with Gasteiger partial charge in [-0.3, -0.25) is 9.13 Å². The number of rotatable bonds is 7. The summed E-state index contributed by atoms with van der Waals surface area (Å²) >= 11 is 0. The number of hydrogen-bond donors (Lipinski definition) is 0. The summed E-state index contributed by atoms with van der Waals surface area (Å²) in [6.07, 6.45) is 20.6. The first kappa shape index (κ1) is 62.1. The summed E-state index contributed by atoms with van der Waals surface area (Å²) in [5.74, 6) is 4.61. The smallest absolute Gasteiger partial charge is 0.203 e. The lowest BCUT2D eigenvalue weighted by molar-refractivity contribution is 0.139. The molecule has 12 aromatic rings. The van der Waals surface area contributed by atoms with E-state index in [4.69, 9.17) is 10.5 Å². The molecule has 0 N–H and O–H groups in total. The van der Waals surface area contributed by atoms with E-state index in [1.807, 2.05) is 72.3 Å². The second-order valence-corrected chi connectivity index (χ2v) is 29.5. The van der Waals surface area contributed by atoms with Gasteiger partial charge in [-0.1, -0.05) is 69.0 Å². The van der Waals surface area contributed by atoms with Crippen LogP contribution in [0.2, 0.25) is 0 Å². The highest BCUT2D eigenvalue weighted by molar-refractivity contribution is 5.76. The summed E-state index contributed by atoms with van der Waals surface area (Å²) in [5.41, 5.74) is 22.3. The molecule has 20 rings (SSSR count). The van der Waals surface area contributed by atoms with Crippen LogP contribution < -0.4 is 14.7 Å². The molecule has 1 spiro atoms. The summed E-state index contributed by atoms with van der Waals surface area (Å²) < 4.78 is 26.3. The minimum atomic E-state index is -0.231. The zero-order valence-corrected chi connectivity index (χ0v) is 57.4. The van der Waals surface area contributed by atoms with Crippen LogP contribution in [0.3, 0.4) is 0 Å². The molecule has 6 aromatic carbocycles. The van der Waals surface area contributed by atoms with Crippen LogP contribution in [0.4, 0.5) is 21.5 Å². The molecule has 5 fully saturated rings. The van der Waals surface area contributed by atoms with Crippen LogP contribution in [-0.2, 0) is 19.6 Å². The van der Waals surface area contributed by atoms with E-state index in [-0.39, 0.29) is 5.82 Å². The van der Waals surface area contributed by atoms with Gasteiger partial charge in [-0.2, -0.15) is 15.2 Å². The predicted molar refractivity (Wildman–Crippen MR) is 390 cm³/mol. The summed E-state index contributed by atoms with van der Waals surface area (Å²) in [6, 6.07) is 54.6. The van der Waals surface area contributed by atoms with E-state index in [0.717, 1.165) is 124 Å². The molecule has 0 amide bonds. The van der Waals surface area contributed by atoms with Crippen molar-refractivity contribution in [2.45, 2.75) is 103 Å². The van der Waals surface area contributed by atoms with Gasteiger partial charge < -0.3 is 33.3 Å². The van der Waals surface area contributed by atoms with Crippen molar-refractivity contribution in [2.75, 3.05) is 61.5 Å². The highest BCUT2D eigenvalue weighted by Crippen LogP contribution is 2.48. The van der Waals surface area contributed by atoms with Gasteiger partial charge in [0.15, 0.2) is 11.6 Å². The average Bonchev–Trinajstić information content (AvgIpc) is 1.67. The SMILES string of the molecule is C[C@H]1CN(c2ccc3c(c2)Cn2cc(-c4ccc(C#N)cc4)cc2-c2nncn2-3)C[C@@H]1N(C)C.Cc1nnc2n1-c1ccc(N3CC[C@H]4CCC[C@@H]43)cc1Cn1cc(-c3ccc(C#N)cc3)cc1-2.Fc1ccc(-c2cc3n(c2)Cc2cc(N4CC5(CCCCC5)C4)ccc2-n2nnnc2-3)cc1. The molecule has 101 heavy (non-hydrogen) atoms. The van der Waals surface area contributed by atoms with Crippen LogP contribution >= 0.6 is 0 Å². The molecule has 4 atom stereocenters. The number of fused-ring (bicyclic) bond motifs is 16. The molecular weight excluding hydrogens is 1260 g/mol. The van der Waals surface area contributed by atoms with Gasteiger partial charge in [-0.15, -0.1) is 25.5 Å². The van der Waals surface area contributed by atoms with Crippen LogP contribution in [0.5, 0.6) is 0 Å². The standard InChI is InChI=1S/C28H26N6.C27H27N7.C26H25FN6/c1-18-30-31-28-27-14-22(20-7-5-19(15-29)6-8-20)16-32(27)17-23-13-24(9-10-26(23)34(18)28)33-12-11-21-3-2-4-25(21)33;1-18-13-32(16-26(18)31(2)3)23-8-9-24-22(10-23)15-33-14-21(20-6-4-19(12-28)5-7-20)11-25(33)27-30-29-17-34(24)27;27-21-6-4-18(5-7-21)19-13-24-25-28-29-30-33(25)23-9-8-22(12-20(23)15-31(24)14-19)32-16-26(17-32)10-2-1-3-11-26/h5-10,13-14,16,21,25H,2-4,11-12,17H2,1H3;4-11,14,17-18,26H,13,15-16H2,1-3H3;4-9,12-14H,1-3,10-11,15-17H2/t21-,25+;18-,26-;/m10./s1. The third-order valence-corrected chi connectivity index (χ3v) is 23.1. The molecule has 0 unspecified atom stereocenters. The molecule has 504 valence electrons. The molecule has 20 heteroatoms. The molecular formula is C81H78FN19. The topological polar surface area (TPSA) is 180 Å². The second-order valence-electron chi connectivity index (χ2n) is 29.5. The first-order valence-electron chi connectivity index (χ1n) is 35.7. The molecule has 2 aliphatic carbocycles. The Hall–Kier alpha value is -11.2. The minimum absolute atomic E-state index is 0.231. The van der Waals surface area contributed by atoms with Crippen LogP contribution in [0.25, 0.3) is 85.0 Å². The first-order valence-corrected chi connectivity index (χ1v) is 35.7. The Bertz CT molecular complexity index is 5230. The zero-order chi connectivity index (χ0) is 68.2. The molecule has 0 bridgehead atoms. The number of aromatic nitrogens is 13. The van der Waals surface area contributed by atoms with Crippen molar-refractivity contribution in [3.8, 4) is 97.1 Å². The van der Waals surface area contributed by atoms with Crippen molar-refractivity contribution >= 4 is 17.1 Å². The lowest BCUT2D eigenvalue weighted by Crippen LogP contribution is -2.57. The fraction of sp³-hybridized carbons (Fsp3) is 0.321. The van der Waals surface area contributed by atoms with E-state index in [1.165, 1.54) is 129 Å². The molecule has 6 aliphatic heterocycles. The number of nitriles is 2. The summed E-state index contributed by atoms with van der Waals surface area (Å²) in [6.45, 7) is 12.3. The Balaban J connectivity index is 0.000000109. The maximum absolute atomic E-state index is 13.4. The van der Waals surface area contributed by atoms with E-state index in [9.17, 15) is 4.39 Å². The van der Waals surface area contributed by atoms with Crippen molar-refractivity contribution < 1.29 is 4.39 Å². The normalized spacial score (nSPS) is 19.1. The number of likely N-dealkylation sites (N-methyl/N-ethyl adjacent to an activating group) is 1. The highest BCUT2D eigenvalue weighted by Gasteiger charge is 2.44. The minimum Gasteiger partial charge on any atom is -0.370 e. The van der Waals surface area contributed by atoms with Gasteiger partial charge in [-0.05, 0) is 218 Å². The summed E-state index contributed by atoms with van der Waals surface area (Å²) in [4.78, 5) is 10.0. The van der Waals surface area contributed by atoms with Crippen molar-refractivity contribution in [1.29, 1.82) is 10.5 Å². The molecule has 6 aromatic heterocycles. The third-order valence-electron chi connectivity index (χ3n) is 23.1. The van der Waals surface area contributed by atoms with Gasteiger partial charge in [0.2, 0.25) is 5.82 Å². The Morgan fingerprint density at radius 2 is 1.10 bits per heavy atom. The van der Waals surface area contributed by atoms with E-state index >= 15 is 0 Å². The van der Waals surface area contributed by atoms with Gasteiger partial charge in [0.1, 0.15) is 18.0 Å². The predicted octanol–water partition coefficient (Wildman–Crippen LogP) is 14.4. The van der Waals surface area contributed by atoms with Crippen molar-refractivity contribution in [2.24, 2.45) is 17.3 Å². The molecule has 0 radical (unpaired) electrons. The number of halogens is 1. The average molecular weight is 1340 g/mol. The Labute approximate surface area is 586 Å². The number of hydrogen-bond acceptors (Lipinski definition) is 13. The molecule has 2 saturated carbocycles. The third kappa shape index (κ3) is 11.1. The van der Waals surface area contributed by atoms with Crippen molar-refractivity contribution in [1.82, 2.24) is 68.3 Å². The van der Waals surface area contributed by atoms with Crippen LogP contribution in [0, 0.1) is 52.7 Å². The fourth-order valence-electron chi connectivity index (χ4n) is 17.8. The maximum atomic E-state index is 13.4. The van der Waals surface area contributed by atoms with Crippen molar-refractivity contribution in [3.63, 3.8) is 0 Å². The van der Waals surface area contributed by atoms with E-state index in [0.29, 0.717) is 34.5 Å². The van der Waals surface area contributed by atoms with E-state index in [1.54, 1.807) is 6.33 Å². The largest absolute Gasteiger partial charge is 0.370 e. The second kappa shape index (κ2) is 24.9. The van der Waals surface area contributed by atoms with Gasteiger partial charge in [-0.25, -0.2) is 4.39 Å². The lowest BCUT2D eigenvalue weighted by atomic mass is 9.68. The monoisotopic (exact) mass is 1340 g/mol. The molecule has 3 saturated heterocycles. The Morgan fingerprint density at radius 1 is 0.535 bits per heavy atom. The Kier molecular flexibility index (Phi) is 15.3. The van der Waals surface area contributed by atoms with E-state index < -0.39 is 0 Å². The van der Waals surface area contributed by atoms with Gasteiger partial charge in [0.25, 0.3) is 0 Å². The van der Waals surface area contributed by atoms with Gasteiger partial charge in [0.05, 0.1) is 57.4 Å². The first-order chi connectivity index (χ1) is 49.4. The molecule has 19 nitrogen and oxygen atoms in total. The van der Waals surface area contributed by atoms with Crippen molar-refractivity contribution in [3.05, 3.63) is 210 Å². The summed E-state index contributed by atoms with van der Waals surface area (Å²) in [5, 5.41) is 48.6. The van der Waals surface area contributed by atoms with Crippen LogP contribution in [0.15, 0.2) is 171 Å². The zero-order valence-electron chi connectivity index (χ0n) is 57.4. The number of anilines is 3. The maximum Gasteiger partial charge on any atom is 0.203 e. The number of aryl methyl sites for hydroxylation is 1. The number of tetrazole rings is 1. The van der Waals surface area contributed by atoms with Crippen LogP contribution in [-0.4, -0.2) is 127 Å².